The summed E-state index contributed by atoms with van der Waals surface area (Å²) in [6.45, 7) is -0.00891. The standard InChI is InChI=1S/C17H14ClF3N2O4/c18-11-7-8-13(12(10-11)17(19,20)21)22-16(24)6-3-9-27-15-5-2-1-4-14(15)23(25)26/h1-2,4-5,7-8,10H,3,6,9H2,(H,22,24). The van der Waals surface area contributed by atoms with Gasteiger partial charge in [0.05, 0.1) is 22.8 Å². The highest BCUT2D eigenvalue weighted by molar-refractivity contribution is 6.30. The number of amides is 1. The Labute approximate surface area is 157 Å². The molecule has 2 aromatic carbocycles. The fourth-order valence-corrected chi connectivity index (χ4v) is 2.39. The van der Waals surface area contributed by atoms with Crippen molar-refractivity contribution in [2.45, 2.75) is 19.0 Å². The first-order valence-corrected chi connectivity index (χ1v) is 8.09. The van der Waals surface area contributed by atoms with Gasteiger partial charge in [0.2, 0.25) is 5.91 Å². The third-order valence-corrected chi connectivity index (χ3v) is 3.66. The van der Waals surface area contributed by atoms with Crippen LogP contribution in [0.2, 0.25) is 5.02 Å². The molecular formula is C17H14ClF3N2O4. The van der Waals surface area contributed by atoms with Gasteiger partial charge in [-0.05, 0) is 30.7 Å². The molecule has 27 heavy (non-hydrogen) atoms. The number of hydrogen-bond acceptors (Lipinski definition) is 4. The van der Waals surface area contributed by atoms with Crippen LogP contribution in [0.1, 0.15) is 18.4 Å². The van der Waals surface area contributed by atoms with Gasteiger partial charge in [0.15, 0.2) is 5.75 Å². The summed E-state index contributed by atoms with van der Waals surface area (Å²) >= 11 is 5.58. The highest BCUT2D eigenvalue weighted by atomic mass is 35.5. The van der Waals surface area contributed by atoms with E-state index >= 15 is 0 Å². The number of nitro groups is 1. The van der Waals surface area contributed by atoms with Crippen LogP contribution >= 0.6 is 11.6 Å². The molecule has 144 valence electrons. The van der Waals surface area contributed by atoms with Gasteiger partial charge < -0.3 is 10.1 Å². The predicted octanol–water partition coefficient (Wildman–Crippen LogP) is 5.06. The number of nitrogens with zero attached hydrogens (tertiary/aromatic N) is 1. The van der Waals surface area contributed by atoms with E-state index in [-0.39, 0.29) is 35.9 Å². The number of hydrogen-bond donors (Lipinski definition) is 1. The van der Waals surface area contributed by atoms with Crippen molar-refractivity contribution in [3.8, 4) is 5.75 Å². The number of nitrogens with one attached hydrogen (secondary N) is 1. The Morgan fingerprint density at radius 3 is 2.59 bits per heavy atom. The summed E-state index contributed by atoms with van der Waals surface area (Å²) < 4.78 is 44.2. The molecule has 6 nitrogen and oxygen atoms in total. The lowest BCUT2D eigenvalue weighted by Crippen LogP contribution is -2.17. The highest BCUT2D eigenvalue weighted by Gasteiger charge is 2.34. The molecule has 0 aliphatic heterocycles. The van der Waals surface area contributed by atoms with Gasteiger partial charge in [-0.2, -0.15) is 13.2 Å². The summed E-state index contributed by atoms with van der Waals surface area (Å²) in [4.78, 5) is 22.2. The molecule has 0 saturated carbocycles. The van der Waals surface area contributed by atoms with Crippen LogP contribution in [0.3, 0.4) is 0 Å². The average Bonchev–Trinajstić information content (AvgIpc) is 2.59. The number of carbonyl (C=O) groups excluding carboxylic acids is 1. The Morgan fingerprint density at radius 1 is 1.22 bits per heavy atom. The smallest absolute Gasteiger partial charge is 0.418 e. The Balaban J connectivity index is 1.90. The zero-order chi connectivity index (χ0) is 20.0. The van der Waals surface area contributed by atoms with Crippen molar-refractivity contribution >= 4 is 28.9 Å². The summed E-state index contributed by atoms with van der Waals surface area (Å²) in [5, 5.41) is 13.0. The van der Waals surface area contributed by atoms with Gasteiger partial charge in [0.25, 0.3) is 0 Å². The first-order chi connectivity index (χ1) is 12.7. The summed E-state index contributed by atoms with van der Waals surface area (Å²) in [6.07, 6.45) is -4.63. The van der Waals surface area contributed by atoms with Crippen LogP contribution in [-0.4, -0.2) is 17.4 Å². The zero-order valence-electron chi connectivity index (χ0n) is 13.8. The molecule has 0 bridgehead atoms. The van der Waals surface area contributed by atoms with Crippen LogP contribution in [-0.2, 0) is 11.0 Å². The van der Waals surface area contributed by atoms with Gasteiger partial charge in [0, 0.05) is 17.5 Å². The minimum Gasteiger partial charge on any atom is -0.487 e. The van der Waals surface area contributed by atoms with Crippen molar-refractivity contribution in [3.05, 3.63) is 63.2 Å². The van der Waals surface area contributed by atoms with Gasteiger partial charge in [-0.15, -0.1) is 0 Å². The van der Waals surface area contributed by atoms with Crippen LogP contribution in [0.15, 0.2) is 42.5 Å². The van der Waals surface area contributed by atoms with E-state index in [2.05, 4.69) is 5.32 Å². The predicted molar refractivity (Wildman–Crippen MR) is 92.9 cm³/mol. The first-order valence-electron chi connectivity index (χ1n) is 7.71. The molecule has 0 aliphatic carbocycles. The van der Waals surface area contributed by atoms with E-state index in [1.165, 1.54) is 24.3 Å². The minimum atomic E-state index is -4.66. The lowest BCUT2D eigenvalue weighted by molar-refractivity contribution is -0.385. The second-order valence-corrected chi connectivity index (χ2v) is 5.85. The highest BCUT2D eigenvalue weighted by Crippen LogP contribution is 2.36. The van der Waals surface area contributed by atoms with Gasteiger partial charge >= 0.3 is 11.9 Å². The normalized spacial score (nSPS) is 11.1. The SMILES string of the molecule is O=C(CCCOc1ccccc1[N+](=O)[O-])Nc1ccc(Cl)cc1C(F)(F)F. The molecule has 0 heterocycles. The monoisotopic (exact) mass is 402 g/mol. The number of para-hydroxylation sites is 2. The number of rotatable bonds is 7. The molecule has 2 rings (SSSR count). The fourth-order valence-electron chi connectivity index (χ4n) is 2.22. The number of carbonyl (C=O) groups is 1. The summed E-state index contributed by atoms with van der Waals surface area (Å²) in [5.41, 5.74) is -1.64. The lowest BCUT2D eigenvalue weighted by Gasteiger charge is -2.14. The molecule has 10 heteroatoms. The number of nitro benzene ring substituents is 1. The van der Waals surface area contributed by atoms with E-state index in [1.807, 2.05) is 0 Å². The van der Waals surface area contributed by atoms with Crippen LogP contribution in [0.5, 0.6) is 5.75 Å². The maximum Gasteiger partial charge on any atom is 0.418 e. The molecule has 0 aromatic heterocycles. The Hall–Kier alpha value is -2.81. The van der Waals surface area contributed by atoms with Crippen LogP contribution in [0, 0.1) is 10.1 Å². The number of ether oxygens (including phenoxy) is 1. The van der Waals surface area contributed by atoms with E-state index in [4.69, 9.17) is 16.3 Å². The number of anilines is 1. The Bertz CT molecular complexity index is 843. The van der Waals surface area contributed by atoms with Crippen LogP contribution in [0.4, 0.5) is 24.5 Å². The third-order valence-electron chi connectivity index (χ3n) is 3.43. The van der Waals surface area contributed by atoms with Gasteiger partial charge in [0.1, 0.15) is 0 Å². The first kappa shape index (κ1) is 20.5. The number of benzene rings is 2. The van der Waals surface area contributed by atoms with Crippen molar-refractivity contribution < 1.29 is 27.6 Å². The minimum absolute atomic E-state index is 0.00891. The van der Waals surface area contributed by atoms with E-state index in [0.29, 0.717) is 0 Å². The number of halogens is 4. The summed E-state index contributed by atoms with van der Waals surface area (Å²) in [5.74, 6) is -0.589. The lowest BCUT2D eigenvalue weighted by atomic mass is 10.1. The molecule has 0 fully saturated rings. The van der Waals surface area contributed by atoms with E-state index in [9.17, 15) is 28.1 Å². The summed E-state index contributed by atoms with van der Waals surface area (Å²) in [7, 11) is 0. The Kier molecular flexibility index (Phi) is 6.62. The maximum absolute atomic E-state index is 13.0. The second-order valence-electron chi connectivity index (χ2n) is 5.41. The molecule has 1 amide bonds. The molecule has 0 aliphatic rings. The molecule has 0 radical (unpaired) electrons. The molecule has 0 saturated heterocycles. The van der Waals surface area contributed by atoms with Gasteiger partial charge in [-0.1, -0.05) is 23.7 Å². The zero-order valence-corrected chi connectivity index (χ0v) is 14.5. The van der Waals surface area contributed by atoms with Gasteiger partial charge in [-0.25, -0.2) is 0 Å². The summed E-state index contributed by atoms with van der Waals surface area (Å²) in [6, 6.07) is 8.80. The molecule has 0 spiro atoms. The Morgan fingerprint density at radius 2 is 1.93 bits per heavy atom. The molecule has 1 N–H and O–H groups in total. The van der Waals surface area contributed by atoms with Crippen molar-refractivity contribution in [1.82, 2.24) is 0 Å². The van der Waals surface area contributed by atoms with Crippen molar-refractivity contribution in [2.24, 2.45) is 0 Å². The maximum atomic E-state index is 13.0. The molecule has 0 unspecified atom stereocenters. The van der Waals surface area contributed by atoms with Crippen molar-refractivity contribution in [1.29, 1.82) is 0 Å². The van der Waals surface area contributed by atoms with Crippen LogP contribution in [0.25, 0.3) is 0 Å². The van der Waals surface area contributed by atoms with E-state index in [1.54, 1.807) is 6.07 Å². The molecule has 2 aromatic rings. The van der Waals surface area contributed by atoms with Crippen LogP contribution < -0.4 is 10.1 Å². The second kappa shape index (κ2) is 8.72. The van der Waals surface area contributed by atoms with Crippen molar-refractivity contribution in [3.63, 3.8) is 0 Å². The van der Waals surface area contributed by atoms with E-state index < -0.39 is 28.3 Å². The topological polar surface area (TPSA) is 81.5 Å². The fraction of sp³-hybridized carbons (Fsp3) is 0.235. The molecular weight excluding hydrogens is 389 g/mol. The van der Waals surface area contributed by atoms with Crippen molar-refractivity contribution in [2.75, 3.05) is 11.9 Å². The van der Waals surface area contributed by atoms with E-state index in [0.717, 1.165) is 12.1 Å². The third kappa shape index (κ3) is 5.85. The molecule has 0 atom stereocenters. The average molecular weight is 403 g/mol. The van der Waals surface area contributed by atoms with Gasteiger partial charge in [-0.3, -0.25) is 14.9 Å². The number of alkyl halides is 3. The largest absolute Gasteiger partial charge is 0.487 e. The quantitative estimate of drug-likeness (QED) is 0.398.